The van der Waals surface area contributed by atoms with Gasteiger partial charge in [-0.2, -0.15) is 0 Å². The zero-order chi connectivity index (χ0) is 28.9. The van der Waals surface area contributed by atoms with Gasteiger partial charge in [-0.05, 0) is 78.1 Å². The molecule has 1 aliphatic heterocycles. The Bertz CT molecular complexity index is 1580. The van der Waals surface area contributed by atoms with Gasteiger partial charge in [0.05, 0.1) is 18.2 Å². The summed E-state index contributed by atoms with van der Waals surface area (Å²) < 4.78 is 11.9. The van der Waals surface area contributed by atoms with E-state index in [4.69, 9.17) is 9.47 Å². The summed E-state index contributed by atoms with van der Waals surface area (Å²) in [5.41, 5.74) is 2.61. The Kier molecular flexibility index (Phi) is 8.15. The second kappa shape index (κ2) is 12.1. The number of ether oxygens (including phenoxy) is 2. The summed E-state index contributed by atoms with van der Waals surface area (Å²) in [6, 6.07) is 24.7. The number of nitrogens with zero attached hydrogens (tertiary/aromatic N) is 2. The molecule has 1 aromatic heterocycles. The molecule has 41 heavy (non-hydrogen) atoms. The minimum Gasteiger partial charge on any atom is -0.507 e. The normalized spacial score (nSPS) is 16.3. The number of benzene rings is 3. The van der Waals surface area contributed by atoms with E-state index in [0.29, 0.717) is 40.9 Å². The zero-order valence-electron chi connectivity index (χ0n) is 23.3. The van der Waals surface area contributed by atoms with Gasteiger partial charge in [0.15, 0.2) is 0 Å². The number of amides is 1. The van der Waals surface area contributed by atoms with Crippen LogP contribution in [0.5, 0.6) is 17.2 Å². The van der Waals surface area contributed by atoms with E-state index >= 15 is 0 Å². The van der Waals surface area contributed by atoms with Crippen LogP contribution in [0.25, 0.3) is 5.76 Å². The lowest BCUT2D eigenvalue weighted by Gasteiger charge is -2.26. The van der Waals surface area contributed by atoms with Crippen molar-refractivity contribution in [3.63, 3.8) is 0 Å². The minimum atomic E-state index is -0.842. The molecule has 1 atom stereocenters. The molecule has 4 aromatic rings. The van der Waals surface area contributed by atoms with Crippen molar-refractivity contribution in [1.82, 2.24) is 9.88 Å². The van der Waals surface area contributed by atoms with Crippen molar-refractivity contribution in [2.75, 3.05) is 6.61 Å². The number of ketones is 1. The number of hydrogen-bond acceptors (Lipinski definition) is 6. The summed E-state index contributed by atoms with van der Waals surface area (Å²) in [4.78, 5) is 32.7. The summed E-state index contributed by atoms with van der Waals surface area (Å²) in [7, 11) is 0. The highest BCUT2D eigenvalue weighted by Gasteiger charge is 2.46. The highest BCUT2D eigenvalue weighted by Crippen LogP contribution is 2.42. The molecule has 1 aliphatic rings. The van der Waals surface area contributed by atoms with E-state index in [1.165, 1.54) is 4.90 Å². The van der Waals surface area contributed by atoms with Crippen LogP contribution in [0.3, 0.4) is 0 Å². The summed E-state index contributed by atoms with van der Waals surface area (Å²) >= 11 is 0. The fourth-order valence-electron chi connectivity index (χ4n) is 4.85. The molecule has 1 N–H and O–H groups in total. The summed E-state index contributed by atoms with van der Waals surface area (Å²) in [5.74, 6) is 0.569. The highest BCUT2D eigenvalue weighted by atomic mass is 16.5. The molecule has 5 rings (SSSR count). The number of likely N-dealkylation sites (tertiary alicyclic amines) is 1. The minimum absolute atomic E-state index is 0.0229. The standard InChI is InChI=1S/C34H32N2O5/c1-22(2)21-40-27-14-15-29(23(3)17-27)32(37)30-31(36(34(39)33(30)38)20-24-9-8-16-35-19-24)25-10-7-13-28(18-25)41-26-11-5-4-6-12-26/h4-19,22,31,37H,20-21H2,1-3H3/b32-30+/t31-/m0/s1. The van der Waals surface area contributed by atoms with Crippen molar-refractivity contribution in [3.05, 3.63) is 125 Å². The molecule has 0 spiro atoms. The van der Waals surface area contributed by atoms with Crippen LogP contribution in [0.4, 0.5) is 0 Å². The average Bonchev–Trinajstić information content (AvgIpc) is 3.22. The van der Waals surface area contributed by atoms with Crippen LogP contribution in [0.2, 0.25) is 0 Å². The monoisotopic (exact) mass is 548 g/mol. The van der Waals surface area contributed by atoms with Crippen molar-refractivity contribution < 1.29 is 24.2 Å². The van der Waals surface area contributed by atoms with Crippen LogP contribution in [0, 0.1) is 12.8 Å². The first-order valence-corrected chi connectivity index (χ1v) is 13.6. The lowest BCUT2D eigenvalue weighted by atomic mass is 9.93. The molecule has 3 aromatic carbocycles. The molecule has 1 fully saturated rings. The summed E-state index contributed by atoms with van der Waals surface area (Å²) in [5, 5.41) is 11.6. The van der Waals surface area contributed by atoms with Crippen LogP contribution in [0.15, 0.2) is 103 Å². The number of Topliss-reactive ketones (excluding diaryl/α,β-unsaturated/α-hetero) is 1. The van der Waals surface area contributed by atoms with Crippen molar-refractivity contribution in [1.29, 1.82) is 0 Å². The largest absolute Gasteiger partial charge is 0.507 e. The zero-order valence-corrected chi connectivity index (χ0v) is 23.3. The van der Waals surface area contributed by atoms with Crippen LogP contribution in [-0.2, 0) is 16.1 Å². The maximum atomic E-state index is 13.6. The number of para-hydroxylation sites is 1. The topological polar surface area (TPSA) is 89.0 Å². The number of pyridine rings is 1. The van der Waals surface area contributed by atoms with Crippen molar-refractivity contribution in [3.8, 4) is 17.2 Å². The van der Waals surface area contributed by atoms with Gasteiger partial charge >= 0.3 is 0 Å². The first-order chi connectivity index (χ1) is 19.8. The Morgan fingerprint density at radius 1 is 0.927 bits per heavy atom. The number of carbonyl (C=O) groups excluding carboxylic acids is 2. The SMILES string of the molecule is Cc1cc(OCC(C)C)ccc1/C(O)=C1\C(=O)C(=O)N(Cc2cccnc2)[C@H]1c1cccc(Oc2ccccc2)c1. The van der Waals surface area contributed by atoms with Gasteiger partial charge < -0.3 is 19.5 Å². The second-order valence-electron chi connectivity index (χ2n) is 10.5. The molecule has 2 heterocycles. The van der Waals surface area contributed by atoms with E-state index in [0.717, 1.165) is 11.1 Å². The number of aliphatic hydroxyl groups is 1. The molecule has 0 aliphatic carbocycles. The van der Waals surface area contributed by atoms with Gasteiger partial charge in [-0.25, -0.2) is 0 Å². The van der Waals surface area contributed by atoms with E-state index in [9.17, 15) is 14.7 Å². The van der Waals surface area contributed by atoms with E-state index in [-0.39, 0.29) is 17.9 Å². The molecule has 0 saturated carbocycles. The molecule has 0 unspecified atom stereocenters. The third-order valence-electron chi connectivity index (χ3n) is 6.80. The van der Waals surface area contributed by atoms with Gasteiger partial charge in [-0.1, -0.05) is 50.2 Å². The van der Waals surface area contributed by atoms with Gasteiger partial charge in [0.1, 0.15) is 23.0 Å². The molecule has 1 amide bonds. The number of aliphatic hydroxyl groups excluding tert-OH is 1. The van der Waals surface area contributed by atoms with Crippen LogP contribution in [-0.4, -0.2) is 33.3 Å². The predicted octanol–water partition coefficient (Wildman–Crippen LogP) is 6.84. The predicted molar refractivity (Wildman–Crippen MR) is 157 cm³/mol. The first-order valence-electron chi connectivity index (χ1n) is 13.6. The van der Waals surface area contributed by atoms with E-state index in [2.05, 4.69) is 18.8 Å². The Morgan fingerprint density at radius 3 is 2.41 bits per heavy atom. The molecule has 0 bridgehead atoms. The lowest BCUT2D eigenvalue weighted by molar-refractivity contribution is -0.140. The number of hydrogen-bond donors (Lipinski definition) is 1. The molecule has 0 radical (unpaired) electrons. The molecular formula is C34H32N2O5. The highest BCUT2D eigenvalue weighted by molar-refractivity contribution is 6.46. The van der Waals surface area contributed by atoms with Crippen molar-refractivity contribution in [2.45, 2.75) is 33.4 Å². The molecular weight excluding hydrogens is 516 g/mol. The second-order valence-corrected chi connectivity index (χ2v) is 10.5. The number of aryl methyl sites for hydroxylation is 1. The van der Waals surface area contributed by atoms with Crippen molar-refractivity contribution >= 4 is 17.4 Å². The number of rotatable bonds is 9. The Balaban J connectivity index is 1.58. The van der Waals surface area contributed by atoms with Crippen LogP contribution < -0.4 is 9.47 Å². The van der Waals surface area contributed by atoms with E-state index in [1.54, 1.807) is 36.7 Å². The Hall–Kier alpha value is -4.91. The maximum Gasteiger partial charge on any atom is 0.295 e. The van der Waals surface area contributed by atoms with Gasteiger partial charge in [0, 0.05) is 24.5 Å². The van der Waals surface area contributed by atoms with Crippen LogP contribution in [0.1, 0.15) is 42.1 Å². The van der Waals surface area contributed by atoms with Gasteiger partial charge in [-0.3, -0.25) is 14.6 Å². The smallest absolute Gasteiger partial charge is 0.295 e. The van der Waals surface area contributed by atoms with Gasteiger partial charge in [-0.15, -0.1) is 0 Å². The first kappa shape index (κ1) is 27.6. The van der Waals surface area contributed by atoms with E-state index < -0.39 is 17.7 Å². The van der Waals surface area contributed by atoms with Crippen molar-refractivity contribution in [2.24, 2.45) is 5.92 Å². The summed E-state index contributed by atoms with van der Waals surface area (Å²) in [6.07, 6.45) is 3.31. The molecule has 208 valence electrons. The third kappa shape index (κ3) is 6.14. The Morgan fingerprint density at radius 2 is 1.71 bits per heavy atom. The molecule has 1 saturated heterocycles. The maximum absolute atomic E-state index is 13.6. The molecule has 7 nitrogen and oxygen atoms in total. The number of aromatic nitrogens is 1. The lowest BCUT2D eigenvalue weighted by Crippen LogP contribution is -2.29. The fourth-order valence-corrected chi connectivity index (χ4v) is 4.85. The quantitative estimate of drug-likeness (QED) is 0.140. The van der Waals surface area contributed by atoms with Crippen LogP contribution >= 0.6 is 0 Å². The fraction of sp³-hybridized carbons (Fsp3) is 0.206. The summed E-state index contributed by atoms with van der Waals surface area (Å²) in [6.45, 7) is 6.68. The van der Waals surface area contributed by atoms with Gasteiger partial charge in [0.25, 0.3) is 11.7 Å². The third-order valence-corrected chi connectivity index (χ3v) is 6.80. The molecule has 7 heteroatoms. The number of carbonyl (C=O) groups is 2. The van der Waals surface area contributed by atoms with E-state index in [1.807, 2.05) is 67.6 Å². The average molecular weight is 549 g/mol. The van der Waals surface area contributed by atoms with Gasteiger partial charge in [0.2, 0.25) is 0 Å². The Labute approximate surface area is 239 Å².